The van der Waals surface area contributed by atoms with Crippen LogP contribution in [0.3, 0.4) is 0 Å². The molecular weight excluding hydrogens is 332 g/mol. The maximum atomic E-state index is 12.7. The highest BCUT2D eigenvalue weighted by molar-refractivity contribution is 7.18. The van der Waals surface area contributed by atoms with Gasteiger partial charge in [-0.05, 0) is 38.5 Å². The molecule has 2 heterocycles. The Bertz CT molecular complexity index is 876. The Balaban J connectivity index is 1.80. The number of fused-ring (bicyclic) bond motifs is 1. The number of aromatic nitrogens is 2. The number of hydrogen-bond donors (Lipinski definition) is 1. The van der Waals surface area contributed by atoms with Crippen LogP contribution in [0.4, 0.5) is 11.5 Å². The van der Waals surface area contributed by atoms with Crippen LogP contribution >= 0.6 is 11.3 Å². The lowest BCUT2D eigenvalue weighted by atomic mass is 10.2. The van der Waals surface area contributed by atoms with Crippen LogP contribution in [0.15, 0.2) is 36.4 Å². The lowest BCUT2D eigenvalue weighted by Crippen LogP contribution is -2.35. The molecule has 0 unspecified atom stereocenters. The highest BCUT2D eigenvalue weighted by Gasteiger charge is 2.15. The fraction of sp³-hybridized carbons (Fsp3) is 0.316. The van der Waals surface area contributed by atoms with Gasteiger partial charge < -0.3 is 10.2 Å². The van der Waals surface area contributed by atoms with Gasteiger partial charge in [0, 0.05) is 17.1 Å². The molecule has 5 nitrogen and oxygen atoms in total. The molecule has 0 aliphatic heterocycles. The van der Waals surface area contributed by atoms with Crippen molar-refractivity contribution in [3.63, 3.8) is 0 Å². The summed E-state index contributed by atoms with van der Waals surface area (Å²) < 4.78 is 0. The van der Waals surface area contributed by atoms with Crippen molar-refractivity contribution in [2.75, 3.05) is 23.3 Å². The second-order valence-electron chi connectivity index (χ2n) is 5.73. The summed E-state index contributed by atoms with van der Waals surface area (Å²) >= 11 is 1.68. The number of carbonyl (C=O) groups excluding carboxylic acids is 1. The summed E-state index contributed by atoms with van der Waals surface area (Å²) in [5.74, 6) is 1.46. The number of amides is 1. The van der Waals surface area contributed by atoms with Crippen LogP contribution in [0.2, 0.25) is 0 Å². The van der Waals surface area contributed by atoms with E-state index >= 15 is 0 Å². The van der Waals surface area contributed by atoms with Gasteiger partial charge in [0.2, 0.25) is 5.91 Å². The molecule has 1 amide bonds. The number of aryl methyl sites for hydroxylation is 2. The van der Waals surface area contributed by atoms with Gasteiger partial charge in [0.15, 0.2) is 0 Å². The summed E-state index contributed by atoms with van der Waals surface area (Å²) in [7, 11) is 0. The summed E-state index contributed by atoms with van der Waals surface area (Å²) in [6.07, 6.45) is 0.968. The highest BCUT2D eigenvalue weighted by atomic mass is 32.1. The van der Waals surface area contributed by atoms with E-state index in [1.807, 2.05) is 44.2 Å². The van der Waals surface area contributed by atoms with Crippen molar-refractivity contribution in [2.45, 2.75) is 27.2 Å². The highest BCUT2D eigenvalue weighted by Crippen LogP contribution is 2.29. The van der Waals surface area contributed by atoms with Crippen molar-refractivity contribution in [1.29, 1.82) is 0 Å². The van der Waals surface area contributed by atoms with Crippen LogP contribution in [0, 0.1) is 6.92 Å². The van der Waals surface area contributed by atoms with Crippen LogP contribution < -0.4 is 10.2 Å². The third-order valence-electron chi connectivity index (χ3n) is 4.00. The molecular formula is C19H22N4OS. The van der Waals surface area contributed by atoms with E-state index in [-0.39, 0.29) is 12.5 Å². The molecule has 0 aliphatic carbocycles. The van der Waals surface area contributed by atoms with Crippen LogP contribution in [0.5, 0.6) is 0 Å². The van der Waals surface area contributed by atoms with E-state index in [0.29, 0.717) is 12.4 Å². The van der Waals surface area contributed by atoms with Crippen LogP contribution in [-0.2, 0) is 11.2 Å². The molecule has 1 aromatic carbocycles. The molecule has 0 atom stereocenters. The van der Waals surface area contributed by atoms with Gasteiger partial charge in [-0.2, -0.15) is 0 Å². The largest absolute Gasteiger partial charge is 0.360 e. The molecule has 3 aromatic rings. The fourth-order valence-electron chi connectivity index (χ4n) is 2.75. The molecule has 0 spiro atoms. The zero-order chi connectivity index (χ0) is 17.8. The second kappa shape index (κ2) is 7.61. The number of thiophene rings is 1. The Hall–Kier alpha value is -2.47. The summed E-state index contributed by atoms with van der Waals surface area (Å²) in [4.78, 5) is 25.7. The van der Waals surface area contributed by atoms with Crippen LogP contribution in [0.1, 0.15) is 24.5 Å². The summed E-state index contributed by atoms with van der Waals surface area (Å²) in [5.41, 5.74) is 0.907. The Labute approximate surface area is 151 Å². The van der Waals surface area contributed by atoms with Crippen molar-refractivity contribution >= 4 is 39.0 Å². The van der Waals surface area contributed by atoms with Crippen molar-refractivity contribution < 1.29 is 4.79 Å². The zero-order valence-corrected chi connectivity index (χ0v) is 15.6. The number of nitrogens with zero attached hydrogens (tertiary/aromatic N) is 3. The number of carbonyl (C=O) groups is 1. The molecule has 0 aliphatic rings. The first-order valence-electron chi connectivity index (χ1n) is 8.48. The Morgan fingerprint density at radius 2 is 1.96 bits per heavy atom. The zero-order valence-electron chi connectivity index (χ0n) is 14.7. The fourth-order valence-corrected chi connectivity index (χ4v) is 3.77. The molecule has 0 saturated heterocycles. The predicted octanol–water partition coefficient (Wildman–Crippen LogP) is 4.03. The Morgan fingerprint density at radius 1 is 1.20 bits per heavy atom. The topological polar surface area (TPSA) is 58.1 Å². The van der Waals surface area contributed by atoms with Crippen molar-refractivity contribution in [3.8, 4) is 0 Å². The van der Waals surface area contributed by atoms with E-state index in [0.717, 1.165) is 28.1 Å². The molecule has 130 valence electrons. The van der Waals surface area contributed by atoms with Gasteiger partial charge in [-0.1, -0.05) is 25.1 Å². The second-order valence-corrected chi connectivity index (χ2v) is 6.85. The number of hydrogen-bond acceptors (Lipinski definition) is 5. The molecule has 3 rings (SSSR count). The maximum Gasteiger partial charge on any atom is 0.246 e. The third kappa shape index (κ3) is 3.79. The first kappa shape index (κ1) is 17.4. The van der Waals surface area contributed by atoms with E-state index in [1.54, 1.807) is 16.2 Å². The van der Waals surface area contributed by atoms with E-state index in [9.17, 15) is 4.79 Å². The molecule has 1 N–H and O–H groups in total. The van der Waals surface area contributed by atoms with Gasteiger partial charge in [-0.15, -0.1) is 11.3 Å². The molecule has 2 aromatic heterocycles. The van der Waals surface area contributed by atoms with Gasteiger partial charge in [-0.3, -0.25) is 4.79 Å². The van der Waals surface area contributed by atoms with Crippen LogP contribution in [-0.4, -0.2) is 29.0 Å². The molecule has 0 saturated carbocycles. The number of rotatable bonds is 6. The standard InChI is InChI=1S/C19H22N4OS/c1-4-15-11-16-18(21-13(3)22-19(16)25-15)20-12-17(24)23(5-2)14-9-7-6-8-10-14/h6-11H,4-5,12H2,1-3H3,(H,20,21,22). The minimum Gasteiger partial charge on any atom is -0.360 e. The van der Waals surface area contributed by atoms with Crippen molar-refractivity contribution in [1.82, 2.24) is 9.97 Å². The van der Waals surface area contributed by atoms with E-state index < -0.39 is 0 Å². The quantitative estimate of drug-likeness (QED) is 0.726. The first-order chi connectivity index (χ1) is 12.1. The number of nitrogens with one attached hydrogen (secondary N) is 1. The van der Waals surface area contributed by atoms with Gasteiger partial charge in [0.05, 0.1) is 11.9 Å². The predicted molar refractivity (Wildman–Crippen MR) is 104 cm³/mol. The van der Waals surface area contributed by atoms with Gasteiger partial charge >= 0.3 is 0 Å². The maximum absolute atomic E-state index is 12.7. The minimum atomic E-state index is 0.0176. The number of likely N-dealkylation sites (N-methyl/N-ethyl adjacent to an activating group) is 1. The lowest BCUT2D eigenvalue weighted by molar-refractivity contribution is -0.116. The van der Waals surface area contributed by atoms with Crippen LogP contribution in [0.25, 0.3) is 10.2 Å². The van der Waals surface area contributed by atoms with E-state index in [2.05, 4.69) is 28.3 Å². The number of benzene rings is 1. The van der Waals surface area contributed by atoms with E-state index in [1.165, 1.54) is 4.88 Å². The van der Waals surface area contributed by atoms with Gasteiger partial charge in [-0.25, -0.2) is 9.97 Å². The SMILES string of the molecule is CCc1cc2c(NCC(=O)N(CC)c3ccccc3)nc(C)nc2s1. The molecule has 0 radical (unpaired) electrons. The smallest absolute Gasteiger partial charge is 0.246 e. The van der Waals surface area contributed by atoms with E-state index in [4.69, 9.17) is 0 Å². The van der Waals surface area contributed by atoms with Gasteiger partial charge in [0.25, 0.3) is 0 Å². The molecule has 25 heavy (non-hydrogen) atoms. The van der Waals surface area contributed by atoms with Crippen molar-refractivity contribution in [2.24, 2.45) is 0 Å². The molecule has 0 fully saturated rings. The van der Waals surface area contributed by atoms with Crippen molar-refractivity contribution in [3.05, 3.63) is 47.1 Å². The normalized spacial score (nSPS) is 10.8. The minimum absolute atomic E-state index is 0.0176. The number of para-hydroxylation sites is 1. The summed E-state index contributed by atoms with van der Waals surface area (Å²) in [5, 5.41) is 4.20. The molecule has 0 bridgehead atoms. The lowest BCUT2D eigenvalue weighted by Gasteiger charge is -2.21. The average molecular weight is 354 g/mol. The van der Waals surface area contributed by atoms with Gasteiger partial charge in [0.1, 0.15) is 16.5 Å². The number of anilines is 2. The third-order valence-corrected chi connectivity index (χ3v) is 5.17. The Morgan fingerprint density at radius 3 is 2.64 bits per heavy atom. The first-order valence-corrected chi connectivity index (χ1v) is 9.30. The monoisotopic (exact) mass is 354 g/mol. The Kier molecular flexibility index (Phi) is 5.28. The molecule has 6 heteroatoms. The summed E-state index contributed by atoms with van der Waals surface area (Å²) in [6.45, 7) is 6.80. The summed E-state index contributed by atoms with van der Waals surface area (Å²) in [6, 6.07) is 11.8. The average Bonchev–Trinajstić information content (AvgIpc) is 3.04.